The molecule has 1 aliphatic rings. The Labute approximate surface area is 124 Å². The first-order chi connectivity index (χ1) is 9.08. The van der Waals surface area contributed by atoms with Gasteiger partial charge in [0.15, 0.2) is 0 Å². The minimum absolute atomic E-state index is 0.128. The van der Waals surface area contributed by atoms with Gasteiger partial charge < -0.3 is 10.4 Å². The lowest BCUT2D eigenvalue weighted by molar-refractivity contribution is -0.148. The molecule has 4 nitrogen and oxygen atoms in total. The first-order valence-corrected chi connectivity index (χ1v) is 7.93. The summed E-state index contributed by atoms with van der Waals surface area (Å²) in [5, 5.41) is 12.0. The van der Waals surface area contributed by atoms with E-state index in [4.69, 9.17) is 5.11 Å². The monoisotopic (exact) mass is 345 g/mol. The summed E-state index contributed by atoms with van der Waals surface area (Å²) in [4.78, 5) is 24.3. The maximum absolute atomic E-state index is 12.1. The van der Waals surface area contributed by atoms with Crippen molar-refractivity contribution in [3.8, 4) is 0 Å². The molecule has 2 rings (SSSR count). The molecule has 19 heavy (non-hydrogen) atoms. The lowest BCUT2D eigenvalue weighted by atomic mass is 9.79. The Bertz CT molecular complexity index is 474. The SMILES string of the molecule is O=C(O)[C@H]1CCCC[C@H]1C(=O)NCc1ccc(Br)s1. The fraction of sp³-hybridized carbons (Fsp3) is 0.538. The maximum atomic E-state index is 12.1. The molecule has 0 spiro atoms. The Balaban J connectivity index is 1.92. The molecule has 0 radical (unpaired) electrons. The molecule has 1 heterocycles. The number of carboxylic acid groups (broad SMARTS) is 1. The molecule has 0 aromatic carbocycles. The third-order valence-corrected chi connectivity index (χ3v) is 5.11. The standard InChI is InChI=1S/C13H16BrNO3S/c14-11-6-5-8(19-11)7-15-12(16)9-3-1-2-4-10(9)13(17)18/h5-6,9-10H,1-4,7H2,(H,15,16)(H,17,18)/t9-,10+/m1/s1. The van der Waals surface area contributed by atoms with Gasteiger partial charge in [0, 0.05) is 4.88 Å². The van der Waals surface area contributed by atoms with E-state index < -0.39 is 11.9 Å². The second-order valence-corrected chi connectivity index (χ2v) is 7.31. The Hall–Kier alpha value is -0.880. The van der Waals surface area contributed by atoms with Crippen molar-refractivity contribution in [3.05, 3.63) is 20.8 Å². The molecule has 2 N–H and O–H groups in total. The van der Waals surface area contributed by atoms with Gasteiger partial charge in [0.25, 0.3) is 0 Å². The van der Waals surface area contributed by atoms with Crippen molar-refractivity contribution in [1.29, 1.82) is 0 Å². The van der Waals surface area contributed by atoms with Crippen molar-refractivity contribution in [1.82, 2.24) is 5.32 Å². The third kappa shape index (κ3) is 3.79. The van der Waals surface area contributed by atoms with Crippen LogP contribution >= 0.6 is 27.3 Å². The molecule has 0 bridgehead atoms. The average Bonchev–Trinajstić information content (AvgIpc) is 2.81. The highest BCUT2D eigenvalue weighted by atomic mass is 79.9. The highest BCUT2D eigenvalue weighted by Crippen LogP contribution is 2.30. The van der Waals surface area contributed by atoms with Crippen LogP contribution in [0.3, 0.4) is 0 Å². The van der Waals surface area contributed by atoms with Gasteiger partial charge in [-0.3, -0.25) is 9.59 Å². The summed E-state index contributed by atoms with van der Waals surface area (Å²) in [6.45, 7) is 0.470. The molecule has 2 atom stereocenters. The van der Waals surface area contributed by atoms with Gasteiger partial charge >= 0.3 is 5.97 Å². The minimum Gasteiger partial charge on any atom is -0.481 e. The molecule has 0 saturated heterocycles. The lowest BCUT2D eigenvalue weighted by Crippen LogP contribution is -2.39. The van der Waals surface area contributed by atoms with Crippen molar-refractivity contribution in [3.63, 3.8) is 0 Å². The normalized spacial score (nSPS) is 23.0. The van der Waals surface area contributed by atoms with E-state index >= 15 is 0 Å². The Morgan fingerprint density at radius 1 is 1.32 bits per heavy atom. The van der Waals surface area contributed by atoms with E-state index in [0.717, 1.165) is 21.5 Å². The third-order valence-electron chi connectivity index (χ3n) is 3.49. The van der Waals surface area contributed by atoms with Crippen molar-refractivity contribution < 1.29 is 14.7 Å². The zero-order valence-electron chi connectivity index (χ0n) is 10.4. The number of rotatable bonds is 4. The molecular weight excluding hydrogens is 330 g/mol. The number of halogens is 1. The Morgan fingerprint density at radius 3 is 2.58 bits per heavy atom. The number of carbonyl (C=O) groups excluding carboxylic acids is 1. The summed E-state index contributed by atoms with van der Waals surface area (Å²) in [6, 6.07) is 3.89. The first kappa shape index (κ1) is 14.5. The molecule has 1 saturated carbocycles. The Kier molecular flexibility index (Phi) is 4.99. The van der Waals surface area contributed by atoms with E-state index in [9.17, 15) is 9.59 Å². The van der Waals surface area contributed by atoms with Crippen molar-refractivity contribution in [2.45, 2.75) is 32.2 Å². The van der Waals surface area contributed by atoms with E-state index in [2.05, 4.69) is 21.2 Å². The number of carboxylic acids is 1. The second kappa shape index (κ2) is 6.52. The van der Waals surface area contributed by atoms with Gasteiger partial charge in [-0.1, -0.05) is 12.8 Å². The molecule has 1 amide bonds. The predicted molar refractivity (Wildman–Crippen MR) is 76.9 cm³/mol. The van der Waals surface area contributed by atoms with Crippen LogP contribution in [0.5, 0.6) is 0 Å². The number of aliphatic carboxylic acids is 1. The average molecular weight is 346 g/mol. The number of amides is 1. The minimum atomic E-state index is -0.848. The zero-order chi connectivity index (χ0) is 13.8. The van der Waals surface area contributed by atoms with Crippen LogP contribution in [0.25, 0.3) is 0 Å². The second-order valence-electron chi connectivity index (χ2n) is 4.76. The lowest BCUT2D eigenvalue weighted by Gasteiger charge is -2.27. The van der Waals surface area contributed by atoms with E-state index in [-0.39, 0.29) is 11.8 Å². The quantitative estimate of drug-likeness (QED) is 0.881. The fourth-order valence-corrected chi connectivity index (χ4v) is 3.92. The molecule has 6 heteroatoms. The van der Waals surface area contributed by atoms with Crippen LogP contribution in [0.1, 0.15) is 30.6 Å². The summed E-state index contributed by atoms with van der Waals surface area (Å²) in [7, 11) is 0. The number of hydrogen-bond donors (Lipinski definition) is 2. The van der Waals surface area contributed by atoms with Crippen molar-refractivity contribution in [2.24, 2.45) is 11.8 Å². The van der Waals surface area contributed by atoms with Gasteiger partial charge in [0.1, 0.15) is 0 Å². The van der Waals surface area contributed by atoms with Crippen LogP contribution in [-0.2, 0) is 16.1 Å². The Morgan fingerprint density at radius 2 is 2.00 bits per heavy atom. The summed E-state index contributed by atoms with van der Waals surface area (Å²) in [6.07, 6.45) is 3.12. The van der Waals surface area contributed by atoms with E-state index in [1.165, 1.54) is 0 Å². The maximum Gasteiger partial charge on any atom is 0.307 e. The molecule has 1 aromatic rings. The summed E-state index contributed by atoms with van der Waals surface area (Å²) in [5.74, 6) is -1.88. The topological polar surface area (TPSA) is 66.4 Å². The molecule has 0 unspecified atom stereocenters. The van der Waals surface area contributed by atoms with Crippen LogP contribution in [0.2, 0.25) is 0 Å². The van der Waals surface area contributed by atoms with Gasteiger partial charge in [-0.2, -0.15) is 0 Å². The van der Waals surface area contributed by atoms with E-state index in [1.807, 2.05) is 12.1 Å². The fourth-order valence-electron chi connectivity index (χ4n) is 2.49. The zero-order valence-corrected chi connectivity index (χ0v) is 12.8. The molecule has 1 aromatic heterocycles. The summed E-state index contributed by atoms with van der Waals surface area (Å²) in [5.41, 5.74) is 0. The van der Waals surface area contributed by atoms with Crippen LogP contribution in [0, 0.1) is 11.8 Å². The van der Waals surface area contributed by atoms with Gasteiger partial charge in [0.2, 0.25) is 5.91 Å². The molecular formula is C13H16BrNO3S. The number of nitrogens with one attached hydrogen (secondary N) is 1. The van der Waals surface area contributed by atoms with E-state index in [1.54, 1.807) is 11.3 Å². The summed E-state index contributed by atoms with van der Waals surface area (Å²) < 4.78 is 1.03. The number of carbonyl (C=O) groups is 2. The van der Waals surface area contributed by atoms with Gasteiger partial charge in [-0.15, -0.1) is 11.3 Å². The van der Waals surface area contributed by atoms with Gasteiger partial charge in [0.05, 0.1) is 22.2 Å². The van der Waals surface area contributed by atoms with Crippen LogP contribution in [0.4, 0.5) is 0 Å². The molecule has 1 fully saturated rings. The highest BCUT2D eigenvalue weighted by molar-refractivity contribution is 9.11. The van der Waals surface area contributed by atoms with Gasteiger partial charge in [-0.05, 0) is 40.9 Å². The van der Waals surface area contributed by atoms with Gasteiger partial charge in [-0.25, -0.2) is 0 Å². The molecule has 1 aliphatic carbocycles. The summed E-state index contributed by atoms with van der Waals surface area (Å²) >= 11 is 4.94. The number of hydrogen-bond acceptors (Lipinski definition) is 3. The molecule has 104 valence electrons. The first-order valence-electron chi connectivity index (χ1n) is 6.32. The van der Waals surface area contributed by atoms with Crippen LogP contribution in [-0.4, -0.2) is 17.0 Å². The predicted octanol–water partition coefficient (Wildman–Crippen LogP) is 3.02. The van der Waals surface area contributed by atoms with Crippen LogP contribution < -0.4 is 5.32 Å². The van der Waals surface area contributed by atoms with Crippen molar-refractivity contribution >= 4 is 39.1 Å². The van der Waals surface area contributed by atoms with Crippen LogP contribution in [0.15, 0.2) is 15.9 Å². The molecule has 0 aliphatic heterocycles. The number of thiophene rings is 1. The van der Waals surface area contributed by atoms with E-state index in [0.29, 0.717) is 19.4 Å². The highest BCUT2D eigenvalue weighted by Gasteiger charge is 2.35. The van der Waals surface area contributed by atoms with Crippen molar-refractivity contribution in [2.75, 3.05) is 0 Å². The largest absolute Gasteiger partial charge is 0.481 e. The smallest absolute Gasteiger partial charge is 0.307 e.